The van der Waals surface area contributed by atoms with Gasteiger partial charge in [-0.25, -0.2) is 9.18 Å². The maximum absolute atomic E-state index is 12.8. The molecule has 2 rings (SSSR count). The molecule has 0 aliphatic carbocycles. The molecular weight excluding hydrogens is 275 g/mol. The van der Waals surface area contributed by atoms with Crippen LogP contribution >= 0.6 is 0 Å². The lowest BCUT2D eigenvalue weighted by molar-refractivity contribution is -0.137. The van der Waals surface area contributed by atoms with Gasteiger partial charge in [-0.2, -0.15) is 0 Å². The van der Waals surface area contributed by atoms with E-state index in [0.717, 1.165) is 5.56 Å². The second-order valence-electron chi connectivity index (χ2n) is 5.27. The minimum atomic E-state index is -0.942. The van der Waals surface area contributed by atoms with Crippen molar-refractivity contribution in [2.75, 3.05) is 13.1 Å². The molecule has 0 spiro atoms. The summed E-state index contributed by atoms with van der Waals surface area (Å²) >= 11 is 0. The van der Waals surface area contributed by atoms with Gasteiger partial charge in [0.15, 0.2) is 0 Å². The van der Waals surface area contributed by atoms with Gasteiger partial charge in [0.1, 0.15) is 6.17 Å². The molecule has 21 heavy (non-hydrogen) atoms. The van der Waals surface area contributed by atoms with Crippen molar-refractivity contribution in [1.82, 2.24) is 10.2 Å². The molecule has 1 fully saturated rings. The highest BCUT2D eigenvalue weighted by molar-refractivity contribution is 5.75. The third kappa shape index (κ3) is 4.73. The summed E-state index contributed by atoms with van der Waals surface area (Å²) in [4.78, 5) is 24.0. The van der Waals surface area contributed by atoms with Gasteiger partial charge in [-0.05, 0) is 18.4 Å². The SMILES string of the molecule is O=C(O)CCC(Cc1ccccc1)NC(=O)N1CC(F)C1. The van der Waals surface area contributed by atoms with Gasteiger partial charge < -0.3 is 15.3 Å². The van der Waals surface area contributed by atoms with Crippen LogP contribution in [0.3, 0.4) is 0 Å². The Morgan fingerprint density at radius 3 is 2.57 bits per heavy atom. The lowest BCUT2D eigenvalue weighted by atomic mass is 10.0. The zero-order valence-electron chi connectivity index (χ0n) is 11.7. The molecule has 1 unspecified atom stereocenters. The topological polar surface area (TPSA) is 69.6 Å². The number of amides is 2. The number of likely N-dealkylation sites (tertiary alicyclic amines) is 1. The molecule has 0 aromatic heterocycles. The van der Waals surface area contributed by atoms with E-state index in [1.807, 2.05) is 30.3 Å². The molecule has 1 atom stereocenters. The lowest BCUT2D eigenvalue weighted by Crippen LogP contribution is -2.57. The van der Waals surface area contributed by atoms with Gasteiger partial charge >= 0.3 is 12.0 Å². The fourth-order valence-electron chi connectivity index (χ4n) is 2.28. The number of urea groups is 1. The smallest absolute Gasteiger partial charge is 0.317 e. The van der Waals surface area contributed by atoms with Crippen LogP contribution in [0.25, 0.3) is 0 Å². The quantitative estimate of drug-likeness (QED) is 0.841. The number of benzene rings is 1. The Morgan fingerprint density at radius 1 is 1.33 bits per heavy atom. The molecule has 5 nitrogen and oxygen atoms in total. The molecule has 2 amide bonds. The van der Waals surface area contributed by atoms with E-state index in [-0.39, 0.29) is 31.6 Å². The van der Waals surface area contributed by atoms with Crippen molar-refractivity contribution in [3.05, 3.63) is 35.9 Å². The van der Waals surface area contributed by atoms with Crippen molar-refractivity contribution < 1.29 is 19.1 Å². The summed E-state index contributed by atoms with van der Waals surface area (Å²) in [5.41, 5.74) is 1.03. The fraction of sp³-hybridized carbons (Fsp3) is 0.467. The van der Waals surface area contributed by atoms with Crippen LogP contribution in [0.5, 0.6) is 0 Å². The first-order valence-corrected chi connectivity index (χ1v) is 7.00. The molecule has 1 heterocycles. The Morgan fingerprint density at radius 2 is 2.00 bits per heavy atom. The molecule has 1 aliphatic rings. The Hall–Kier alpha value is -2.11. The third-order valence-electron chi connectivity index (χ3n) is 3.48. The van der Waals surface area contributed by atoms with Crippen molar-refractivity contribution in [2.24, 2.45) is 0 Å². The van der Waals surface area contributed by atoms with Gasteiger partial charge in [-0.3, -0.25) is 4.79 Å². The van der Waals surface area contributed by atoms with Crippen LogP contribution in [0.2, 0.25) is 0 Å². The van der Waals surface area contributed by atoms with Crippen molar-refractivity contribution in [3.8, 4) is 0 Å². The number of halogens is 1. The van der Waals surface area contributed by atoms with Crippen LogP contribution in [-0.4, -0.2) is 47.3 Å². The lowest BCUT2D eigenvalue weighted by Gasteiger charge is -2.35. The number of carboxylic acids is 1. The van der Waals surface area contributed by atoms with E-state index in [9.17, 15) is 14.0 Å². The summed E-state index contributed by atoms with van der Waals surface area (Å²) in [5.74, 6) is -0.893. The Bertz CT molecular complexity index is 489. The Balaban J connectivity index is 1.91. The molecule has 1 aliphatic heterocycles. The van der Waals surface area contributed by atoms with Crippen LogP contribution in [-0.2, 0) is 11.2 Å². The first-order valence-electron chi connectivity index (χ1n) is 7.00. The highest BCUT2D eigenvalue weighted by Gasteiger charge is 2.31. The van der Waals surface area contributed by atoms with Crippen LogP contribution in [0, 0.1) is 0 Å². The average molecular weight is 294 g/mol. The minimum absolute atomic E-state index is 0.0104. The first-order chi connectivity index (χ1) is 10.0. The van der Waals surface area contributed by atoms with E-state index in [2.05, 4.69) is 5.32 Å². The van der Waals surface area contributed by atoms with Crippen LogP contribution in [0.4, 0.5) is 9.18 Å². The predicted molar refractivity (Wildman–Crippen MR) is 75.8 cm³/mol. The second-order valence-corrected chi connectivity index (χ2v) is 5.27. The van der Waals surface area contributed by atoms with Crippen LogP contribution in [0.15, 0.2) is 30.3 Å². The number of hydrogen-bond acceptors (Lipinski definition) is 2. The van der Waals surface area contributed by atoms with Gasteiger partial charge in [-0.15, -0.1) is 0 Å². The molecule has 2 N–H and O–H groups in total. The maximum Gasteiger partial charge on any atom is 0.317 e. The molecular formula is C15H19FN2O3. The third-order valence-corrected chi connectivity index (χ3v) is 3.48. The van der Waals surface area contributed by atoms with E-state index >= 15 is 0 Å². The predicted octanol–water partition coefficient (Wildman–Crippen LogP) is 1.83. The van der Waals surface area contributed by atoms with Gasteiger partial charge in [0.25, 0.3) is 0 Å². The standard InChI is InChI=1S/C15H19FN2O3/c16-12-9-18(10-12)15(21)17-13(6-7-14(19)20)8-11-4-2-1-3-5-11/h1-5,12-13H,6-10H2,(H,17,21)(H,19,20). The van der Waals surface area contributed by atoms with E-state index in [4.69, 9.17) is 5.11 Å². The van der Waals surface area contributed by atoms with E-state index in [0.29, 0.717) is 12.8 Å². The van der Waals surface area contributed by atoms with Gasteiger partial charge in [0, 0.05) is 12.5 Å². The van der Waals surface area contributed by atoms with Crippen LogP contribution in [0.1, 0.15) is 18.4 Å². The average Bonchev–Trinajstić information content (AvgIpc) is 2.42. The highest BCUT2D eigenvalue weighted by Crippen LogP contribution is 2.13. The van der Waals surface area contributed by atoms with E-state index in [1.54, 1.807) is 0 Å². The number of nitrogens with zero attached hydrogens (tertiary/aromatic N) is 1. The van der Waals surface area contributed by atoms with Gasteiger partial charge in [0.2, 0.25) is 0 Å². The zero-order valence-corrected chi connectivity index (χ0v) is 11.7. The number of carboxylic acid groups (broad SMARTS) is 1. The number of carbonyl (C=O) groups is 2. The number of nitrogens with one attached hydrogen (secondary N) is 1. The normalized spacial score (nSPS) is 16.1. The van der Waals surface area contributed by atoms with Gasteiger partial charge in [-0.1, -0.05) is 30.3 Å². The first kappa shape index (κ1) is 15.3. The van der Waals surface area contributed by atoms with Crippen molar-refractivity contribution in [2.45, 2.75) is 31.5 Å². The monoisotopic (exact) mass is 294 g/mol. The number of hydrogen-bond donors (Lipinski definition) is 2. The fourth-order valence-corrected chi connectivity index (χ4v) is 2.28. The largest absolute Gasteiger partial charge is 0.481 e. The van der Waals surface area contributed by atoms with Crippen molar-refractivity contribution in [3.63, 3.8) is 0 Å². The van der Waals surface area contributed by atoms with Crippen molar-refractivity contribution >= 4 is 12.0 Å². The molecule has 1 aromatic carbocycles. The number of alkyl halides is 1. The molecule has 0 radical (unpaired) electrons. The molecule has 1 aromatic rings. The zero-order chi connectivity index (χ0) is 15.2. The Kier molecular flexibility index (Phi) is 5.14. The highest BCUT2D eigenvalue weighted by atomic mass is 19.1. The number of aliphatic carboxylic acids is 1. The summed E-state index contributed by atoms with van der Waals surface area (Å²) in [5, 5.41) is 11.6. The van der Waals surface area contributed by atoms with E-state index in [1.165, 1.54) is 4.90 Å². The minimum Gasteiger partial charge on any atom is -0.481 e. The molecule has 0 saturated carbocycles. The molecule has 6 heteroatoms. The molecule has 114 valence electrons. The maximum atomic E-state index is 12.8. The van der Waals surface area contributed by atoms with Gasteiger partial charge in [0.05, 0.1) is 13.1 Å². The number of carbonyl (C=O) groups excluding carboxylic acids is 1. The molecule has 1 saturated heterocycles. The Labute approximate surface area is 122 Å². The summed E-state index contributed by atoms with van der Waals surface area (Å²) in [6, 6.07) is 8.96. The second kappa shape index (κ2) is 7.06. The summed E-state index contributed by atoms with van der Waals surface area (Å²) in [7, 11) is 0. The summed E-state index contributed by atoms with van der Waals surface area (Å²) in [6.45, 7) is 0.228. The van der Waals surface area contributed by atoms with Crippen LogP contribution < -0.4 is 5.32 Å². The van der Waals surface area contributed by atoms with E-state index < -0.39 is 12.1 Å². The number of rotatable bonds is 6. The van der Waals surface area contributed by atoms with Crippen molar-refractivity contribution in [1.29, 1.82) is 0 Å². The summed E-state index contributed by atoms with van der Waals surface area (Å²) in [6.07, 6.45) is -0.0404. The molecule has 0 bridgehead atoms. The summed E-state index contributed by atoms with van der Waals surface area (Å²) < 4.78 is 12.8.